The molecular formula is C21H15Cl3N2O4. The zero-order valence-corrected chi connectivity index (χ0v) is 17.8. The number of benzene rings is 2. The lowest BCUT2D eigenvalue weighted by Crippen LogP contribution is -2.27. The predicted octanol–water partition coefficient (Wildman–Crippen LogP) is 6.02. The van der Waals surface area contributed by atoms with Crippen molar-refractivity contribution in [2.75, 3.05) is 0 Å². The van der Waals surface area contributed by atoms with Gasteiger partial charge in [-0.2, -0.15) is 0 Å². The molecule has 6 nitrogen and oxygen atoms in total. The van der Waals surface area contributed by atoms with Crippen LogP contribution in [0, 0.1) is 0 Å². The Morgan fingerprint density at radius 2 is 1.73 bits per heavy atom. The number of aromatic carboxylic acids is 1. The van der Waals surface area contributed by atoms with Crippen molar-refractivity contribution < 1.29 is 19.4 Å². The summed E-state index contributed by atoms with van der Waals surface area (Å²) in [4.78, 5) is 28.0. The standard InChI is InChI=1S/C21H15Cl3N2O4/c1-11(12-2-4-13(5-3-12)21(28)29)26-19(27)16-8-15(23)10-25-20(16)30-18-9-14(22)6-7-17(18)24/h2-11H,1H3,(H,26,27)(H,28,29)/t11-/m0/s1. The summed E-state index contributed by atoms with van der Waals surface area (Å²) in [7, 11) is 0. The molecule has 9 heteroatoms. The van der Waals surface area contributed by atoms with Gasteiger partial charge in [0.15, 0.2) is 0 Å². The quantitative estimate of drug-likeness (QED) is 0.464. The highest BCUT2D eigenvalue weighted by Crippen LogP contribution is 2.33. The first-order valence-electron chi connectivity index (χ1n) is 8.67. The highest BCUT2D eigenvalue weighted by Gasteiger charge is 2.19. The van der Waals surface area contributed by atoms with Gasteiger partial charge in [0.2, 0.25) is 5.88 Å². The molecule has 0 aliphatic heterocycles. The van der Waals surface area contributed by atoms with Gasteiger partial charge in [0.25, 0.3) is 5.91 Å². The van der Waals surface area contributed by atoms with Crippen LogP contribution in [0.2, 0.25) is 15.1 Å². The highest BCUT2D eigenvalue weighted by atomic mass is 35.5. The van der Waals surface area contributed by atoms with Gasteiger partial charge < -0.3 is 15.2 Å². The minimum atomic E-state index is -1.02. The van der Waals surface area contributed by atoms with Crippen molar-refractivity contribution in [1.82, 2.24) is 10.3 Å². The van der Waals surface area contributed by atoms with E-state index in [-0.39, 0.29) is 27.8 Å². The molecule has 3 rings (SSSR count). The Hall–Kier alpha value is -2.80. The van der Waals surface area contributed by atoms with E-state index in [0.29, 0.717) is 10.0 Å². The van der Waals surface area contributed by atoms with Crippen LogP contribution in [0.1, 0.15) is 39.2 Å². The summed E-state index contributed by atoms with van der Waals surface area (Å²) >= 11 is 18.1. The zero-order chi connectivity index (χ0) is 21.8. The molecule has 0 saturated heterocycles. The summed E-state index contributed by atoms with van der Waals surface area (Å²) in [5, 5.41) is 12.8. The molecule has 30 heavy (non-hydrogen) atoms. The average molecular weight is 466 g/mol. The molecule has 0 saturated carbocycles. The van der Waals surface area contributed by atoms with Gasteiger partial charge in [-0.15, -0.1) is 0 Å². The zero-order valence-electron chi connectivity index (χ0n) is 15.5. The maximum absolute atomic E-state index is 12.9. The minimum Gasteiger partial charge on any atom is -0.478 e. The van der Waals surface area contributed by atoms with E-state index in [4.69, 9.17) is 44.6 Å². The van der Waals surface area contributed by atoms with Crippen molar-refractivity contribution in [2.24, 2.45) is 0 Å². The average Bonchev–Trinajstić information content (AvgIpc) is 2.71. The number of carbonyl (C=O) groups is 2. The third kappa shape index (κ3) is 5.21. The van der Waals surface area contributed by atoms with E-state index in [9.17, 15) is 9.59 Å². The number of carboxylic acids is 1. The number of nitrogens with one attached hydrogen (secondary N) is 1. The van der Waals surface area contributed by atoms with Gasteiger partial charge in [0.05, 0.1) is 21.7 Å². The summed E-state index contributed by atoms with van der Waals surface area (Å²) in [6, 6.07) is 11.9. The first kappa shape index (κ1) is 21.9. The molecule has 2 N–H and O–H groups in total. The van der Waals surface area contributed by atoms with Crippen molar-refractivity contribution in [2.45, 2.75) is 13.0 Å². The number of aromatic nitrogens is 1. The Labute approximate surface area is 187 Å². The van der Waals surface area contributed by atoms with Gasteiger partial charge >= 0.3 is 5.97 Å². The summed E-state index contributed by atoms with van der Waals surface area (Å²) in [5.41, 5.74) is 0.988. The first-order valence-corrected chi connectivity index (χ1v) is 9.80. The number of carboxylic acid groups (broad SMARTS) is 1. The van der Waals surface area contributed by atoms with Crippen molar-refractivity contribution in [1.29, 1.82) is 0 Å². The van der Waals surface area contributed by atoms with Gasteiger partial charge in [-0.3, -0.25) is 4.79 Å². The van der Waals surface area contributed by atoms with Gasteiger partial charge in [0.1, 0.15) is 11.3 Å². The Morgan fingerprint density at radius 3 is 2.40 bits per heavy atom. The second-order valence-electron chi connectivity index (χ2n) is 6.31. The largest absolute Gasteiger partial charge is 0.478 e. The SMILES string of the molecule is C[C@H](NC(=O)c1cc(Cl)cnc1Oc1cc(Cl)ccc1Cl)c1ccc(C(=O)O)cc1. The molecule has 1 aromatic heterocycles. The Balaban J connectivity index is 1.83. The van der Waals surface area contributed by atoms with Gasteiger partial charge in [0, 0.05) is 17.3 Å². The summed E-state index contributed by atoms with van der Waals surface area (Å²) < 4.78 is 5.71. The normalized spacial score (nSPS) is 11.6. The molecule has 0 spiro atoms. The van der Waals surface area contributed by atoms with Crippen LogP contribution >= 0.6 is 34.8 Å². The maximum atomic E-state index is 12.9. The fourth-order valence-corrected chi connectivity index (χ4v) is 3.08. The third-order valence-electron chi connectivity index (χ3n) is 4.17. The highest BCUT2D eigenvalue weighted by molar-refractivity contribution is 6.34. The lowest BCUT2D eigenvalue weighted by Gasteiger charge is -2.16. The van der Waals surface area contributed by atoms with Crippen LogP contribution in [0.15, 0.2) is 54.7 Å². The monoisotopic (exact) mass is 464 g/mol. The van der Waals surface area contributed by atoms with Crippen LogP contribution in [0.5, 0.6) is 11.6 Å². The van der Waals surface area contributed by atoms with Crippen molar-refractivity contribution in [3.05, 3.63) is 86.5 Å². The summed E-state index contributed by atoms with van der Waals surface area (Å²) in [6.07, 6.45) is 1.35. The molecule has 1 heterocycles. The van der Waals surface area contributed by atoms with E-state index >= 15 is 0 Å². The smallest absolute Gasteiger partial charge is 0.335 e. The number of rotatable bonds is 6. The molecule has 1 atom stereocenters. The van der Waals surface area contributed by atoms with E-state index < -0.39 is 17.9 Å². The lowest BCUT2D eigenvalue weighted by atomic mass is 10.1. The summed E-state index contributed by atoms with van der Waals surface area (Å²) in [6.45, 7) is 1.76. The van der Waals surface area contributed by atoms with E-state index in [0.717, 1.165) is 5.56 Å². The number of pyridine rings is 1. The van der Waals surface area contributed by atoms with Crippen LogP contribution in [0.4, 0.5) is 0 Å². The van der Waals surface area contributed by atoms with Gasteiger partial charge in [-0.25, -0.2) is 9.78 Å². The number of hydrogen-bond acceptors (Lipinski definition) is 4. The van der Waals surface area contributed by atoms with E-state index in [1.54, 1.807) is 31.2 Å². The van der Waals surface area contributed by atoms with Gasteiger partial charge in [-0.1, -0.05) is 46.9 Å². The molecule has 1 amide bonds. The van der Waals surface area contributed by atoms with Crippen LogP contribution in [0.25, 0.3) is 0 Å². The Morgan fingerprint density at radius 1 is 1.03 bits per heavy atom. The summed E-state index contributed by atoms with van der Waals surface area (Å²) in [5.74, 6) is -1.25. The second kappa shape index (κ2) is 9.34. The molecule has 0 aliphatic carbocycles. The molecule has 0 bridgehead atoms. The van der Waals surface area contributed by atoms with E-state index in [1.165, 1.54) is 30.5 Å². The molecule has 0 radical (unpaired) electrons. The van der Waals surface area contributed by atoms with E-state index in [1.807, 2.05) is 0 Å². The van der Waals surface area contributed by atoms with Crippen molar-refractivity contribution >= 4 is 46.7 Å². The van der Waals surface area contributed by atoms with Crippen LogP contribution < -0.4 is 10.1 Å². The van der Waals surface area contributed by atoms with Crippen LogP contribution in [-0.4, -0.2) is 22.0 Å². The molecule has 0 aliphatic rings. The third-order valence-corrected chi connectivity index (χ3v) is 4.92. The van der Waals surface area contributed by atoms with Crippen molar-refractivity contribution in [3.8, 4) is 11.6 Å². The lowest BCUT2D eigenvalue weighted by molar-refractivity contribution is 0.0696. The number of carbonyl (C=O) groups excluding carboxylic acids is 1. The molecule has 3 aromatic rings. The number of ether oxygens (including phenoxy) is 1. The number of halogens is 3. The van der Waals surface area contributed by atoms with Crippen LogP contribution in [-0.2, 0) is 0 Å². The first-order chi connectivity index (χ1) is 14.2. The fourth-order valence-electron chi connectivity index (χ4n) is 2.60. The predicted molar refractivity (Wildman–Crippen MR) is 115 cm³/mol. The number of hydrogen-bond donors (Lipinski definition) is 2. The van der Waals surface area contributed by atoms with Crippen molar-refractivity contribution in [3.63, 3.8) is 0 Å². The Kier molecular flexibility index (Phi) is 6.82. The molecule has 154 valence electrons. The minimum absolute atomic E-state index is 0.00879. The number of nitrogens with zero attached hydrogens (tertiary/aromatic N) is 1. The molecular weight excluding hydrogens is 451 g/mol. The van der Waals surface area contributed by atoms with E-state index in [2.05, 4.69) is 10.3 Å². The maximum Gasteiger partial charge on any atom is 0.335 e. The van der Waals surface area contributed by atoms with Gasteiger partial charge in [-0.05, 0) is 42.8 Å². The molecule has 0 unspecified atom stereocenters. The second-order valence-corrected chi connectivity index (χ2v) is 7.59. The fraction of sp³-hybridized carbons (Fsp3) is 0.0952. The molecule has 0 fully saturated rings. The number of amides is 1. The molecule has 2 aromatic carbocycles. The Bertz CT molecular complexity index is 1100. The topological polar surface area (TPSA) is 88.5 Å². The van der Waals surface area contributed by atoms with Crippen LogP contribution in [0.3, 0.4) is 0 Å².